The van der Waals surface area contributed by atoms with Crippen LogP contribution in [0.3, 0.4) is 0 Å². The quantitative estimate of drug-likeness (QED) is 0.845. The summed E-state index contributed by atoms with van der Waals surface area (Å²) in [5.41, 5.74) is 1.46. The third-order valence-electron chi connectivity index (χ3n) is 5.33. The van der Waals surface area contributed by atoms with E-state index in [0.717, 1.165) is 19.1 Å². The van der Waals surface area contributed by atoms with Crippen LogP contribution in [0.25, 0.3) is 0 Å². The SMILES string of the molecule is COCCNC1(c2nc3c(s2)CCC3)CC(C)CCC1C. The van der Waals surface area contributed by atoms with Gasteiger partial charge in [-0.25, -0.2) is 4.98 Å². The molecule has 4 heteroatoms. The summed E-state index contributed by atoms with van der Waals surface area (Å²) in [5.74, 6) is 1.42. The highest BCUT2D eigenvalue weighted by molar-refractivity contribution is 7.12. The molecular weight excluding hydrogens is 280 g/mol. The van der Waals surface area contributed by atoms with Crippen LogP contribution >= 0.6 is 11.3 Å². The number of aryl methyl sites for hydroxylation is 2. The molecule has 1 heterocycles. The Labute approximate surface area is 132 Å². The molecule has 0 spiro atoms. The minimum atomic E-state index is 0.0746. The molecule has 0 amide bonds. The molecule has 0 radical (unpaired) electrons. The van der Waals surface area contributed by atoms with Crippen molar-refractivity contribution in [1.29, 1.82) is 0 Å². The van der Waals surface area contributed by atoms with Crippen LogP contribution < -0.4 is 5.32 Å². The molecule has 21 heavy (non-hydrogen) atoms. The van der Waals surface area contributed by atoms with E-state index in [9.17, 15) is 0 Å². The molecule has 3 unspecified atom stereocenters. The maximum Gasteiger partial charge on any atom is 0.114 e. The minimum Gasteiger partial charge on any atom is -0.383 e. The van der Waals surface area contributed by atoms with Crippen LogP contribution in [0.1, 0.15) is 55.1 Å². The Hall–Kier alpha value is -0.450. The molecule has 3 nitrogen and oxygen atoms in total. The highest BCUT2D eigenvalue weighted by Crippen LogP contribution is 2.46. The van der Waals surface area contributed by atoms with Crippen LogP contribution in [0.4, 0.5) is 0 Å². The minimum absolute atomic E-state index is 0.0746. The molecule has 0 saturated heterocycles. The predicted octanol–water partition coefficient (Wildman–Crippen LogP) is 3.52. The fraction of sp³-hybridized carbons (Fsp3) is 0.824. The molecule has 0 aromatic carbocycles. The highest BCUT2D eigenvalue weighted by atomic mass is 32.1. The molecular formula is C17H28N2OS. The first kappa shape index (κ1) is 15.4. The van der Waals surface area contributed by atoms with Gasteiger partial charge in [0.15, 0.2) is 0 Å². The number of nitrogens with one attached hydrogen (secondary N) is 1. The number of ether oxygens (including phenoxy) is 1. The Morgan fingerprint density at radius 3 is 2.95 bits per heavy atom. The van der Waals surface area contributed by atoms with Gasteiger partial charge in [0.1, 0.15) is 5.01 Å². The van der Waals surface area contributed by atoms with Gasteiger partial charge in [0.25, 0.3) is 0 Å². The summed E-state index contributed by atoms with van der Waals surface area (Å²) in [6.45, 7) is 6.48. The molecule has 1 N–H and O–H groups in total. The van der Waals surface area contributed by atoms with Gasteiger partial charge >= 0.3 is 0 Å². The topological polar surface area (TPSA) is 34.1 Å². The van der Waals surface area contributed by atoms with Gasteiger partial charge in [0.05, 0.1) is 17.8 Å². The van der Waals surface area contributed by atoms with Crippen molar-refractivity contribution in [2.75, 3.05) is 20.3 Å². The predicted molar refractivity (Wildman–Crippen MR) is 87.9 cm³/mol. The van der Waals surface area contributed by atoms with E-state index in [1.807, 2.05) is 11.3 Å². The molecule has 3 atom stereocenters. The highest BCUT2D eigenvalue weighted by Gasteiger charge is 2.44. The summed E-state index contributed by atoms with van der Waals surface area (Å²) in [4.78, 5) is 6.61. The van der Waals surface area contributed by atoms with Crippen molar-refractivity contribution < 1.29 is 4.74 Å². The first-order valence-electron chi connectivity index (χ1n) is 8.38. The van der Waals surface area contributed by atoms with Crippen molar-refractivity contribution in [3.8, 4) is 0 Å². The van der Waals surface area contributed by atoms with Crippen molar-refractivity contribution in [2.45, 2.75) is 57.9 Å². The molecule has 3 rings (SSSR count). The zero-order chi connectivity index (χ0) is 14.9. The summed E-state index contributed by atoms with van der Waals surface area (Å²) in [6.07, 6.45) is 7.58. The molecule has 1 aromatic rings. The van der Waals surface area contributed by atoms with E-state index in [2.05, 4.69) is 19.2 Å². The lowest BCUT2D eigenvalue weighted by Gasteiger charge is -2.44. The smallest absolute Gasteiger partial charge is 0.114 e. The van der Waals surface area contributed by atoms with Gasteiger partial charge in [-0.15, -0.1) is 11.3 Å². The van der Waals surface area contributed by atoms with E-state index in [0.29, 0.717) is 5.92 Å². The van der Waals surface area contributed by atoms with Crippen LogP contribution in [0.2, 0.25) is 0 Å². The van der Waals surface area contributed by atoms with Crippen molar-refractivity contribution in [3.63, 3.8) is 0 Å². The molecule has 2 aliphatic carbocycles. The van der Waals surface area contributed by atoms with E-state index < -0.39 is 0 Å². The lowest BCUT2D eigenvalue weighted by Crippen LogP contribution is -2.52. The average molecular weight is 308 g/mol. The Balaban J connectivity index is 1.89. The third-order valence-corrected chi connectivity index (χ3v) is 6.66. The summed E-state index contributed by atoms with van der Waals surface area (Å²) >= 11 is 1.98. The largest absolute Gasteiger partial charge is 0.383 e. The van der Waals surface area contributed by atoms with Gasteiger partial charge in [0.2, 0.25) is 0 Å². The number of aromatic nitrogens is 1. The van der Waals surface area contributed by atoms with Gasteiger partial charge in [-0.2, -0.15) is 0 Å². The zero-order valence-electron chi connectivity index (χ0n) is 13.6. The van der Waals surface area contributed by atoms with E-state index in [1.54, 1.807) is 12.0 Å². The lowest BCUT2D eigenvalue weighted by molar-refractivity contribution is 0.102. The zero-order valence-corrected chi connectivity index (χ0v) is 14.4. The second kappa shape index (κ2) is 6.35. The number of nitrogens with zero attached hydrogens (tertiary/aromatic N) is 1. The third kappa shape index (κ3) is 2.90. The van der Waals surface area contributed by atoms with Crippen molar-refractivity contribution in [1.82, 2.24) is 10.3 Å². The molecule has 1 saturated carbocycles. The van der Waals surface area contributed by atoms with E-state index in [4.69, 9.17) is 9.72 Å². The van der Waals surface area contributed by atoms with Crippen LogP contribution in [0.5, 0.6) is 0 Å². The number of methoxy groups -OCH3 is 1. The summed E-state index contributed by atoms with van der Waals surface area (Å²) in [7, 11) is 1.78. The number of rotatable bonds is 5. The summed E-state index contributed by atoms with van der Waals surface area (Å²) in [6, 6.07) is 0. The standard InChI is InChI=1S/C17H28N2OS/c1-12-7-8-13(2)17(11-12,18-9-10-20-3)16-19-14-5-4-6-15(14)21-16/h12-13,18H,4-11H2,1-3H3. The lowest BCUT2D eigenvalue weighted by atomic mass is 9.70. The van der Waals surface area contributed by atoms with E-state index in [-0.39, 0.29) is 5.54 Å². The van der Waals surface area contributed by atoms with Gasteiger partial charge in [-0.05, 0) is 43.9 Å². The Morgan fingerprint density at radius 2 is 2.19 bits per heavy atom. The van der Waals surface area contributed by atoms with Crippen molar-refractivity contribution in [2.24, 2.45) is 11.8 Å². The first-order valence-corrected chi connectivity index (χ1v) is 9.20. The summed E-state index contributed by atoms with van der Waals surface area (Å²) in [5, 5.41) is 5.19. The van der Waals surface area contributed by atoms with Crippen molar-refractivity contribution in [3.05, 3.63) is 15.6 Å². The van der Waals surface area contributed by atoms with Crippen LogP contribution in [-0.2, 0) is 23.1 Å². The van der Waals surface area contributed by atoms with Crippen molar-refractivity contribution >= 4 is 11.3 Å². The van der Waals surface area contributed by atoms with Gasteiger partial charge in [-0.3, -0.25) is 0 Å². The maximum absolute atomic E-state index is 5.26. The van der Waals surface area contributed by atoms with Gasteiger partial charge < -0.3 is 10.1 Å². The van der Waals surface area contributed by atoms with E-state index in [1.165, 1.54) is 49.2 Å². The molecule has 1 aromatic heterocycles. The second-order valence-corrected chi connectivity index (χ2v) is 8.00. The van der Waals surface area contributed by atoms with E-state index >= 15 is 0 Å². The summed E-state index contributed by atoms with van der Waals surface area (Å²) < 4.78 is 5.26. The fourth-order valence-electron chi connectivity index (χ4n) is 4.01. The maximum atomic E-state index is 5.26. The van der Waals surface area contributed by atoms with Gasteiger partial charge in [-0.1, -0.05) is 20.3 Å². The van der Waals surface area contributed by atoms with Crippen LogP contribution in [0, 0.1) is 11.8 Å². The molecule has 0 bridgehead atoms. The number of hydrogen-bond acceptors (Lipinski definition) is 4. The van der Waals surface area contributed by atoms with Gasteiger partial charge in [0, 0.05) is 18.5 Å². The van der Waals surface area contributed by atoms with Crippen LogP contribution in [-0.4, -0.2) is 25.2 Å². The second-order valence-electron chi connectivity index (χ2n) is 6.92. The number of hydrogen-bond donors (Lipinski definition) is 1. The monoisotopic (exact) mass is 308 g/mol. The molecule has 0 aliphatic heterocycles. The number of fused-ring (bicyclic) bond motifs is 1. The Morgan fingerprint density at radius 1 is 1.33 bits per heavy atom. The Kier molecular flexibility index (Phi) is 4.67. The average Bonchev–Trinajstić information content (AvgIpc) is 3.04. The first-order chi connectivity index (χ1) is 10.2. The fourth-order valence-corrected chi connectivity index (χ4v) is 5.45. The number of thiazole rings is 1. The normalized spacial score (nSPS) is 32.3. The molecule has 2 aliphatic rings. The Bertz CT molecular complexity index is 466. The van der Waals surface area contributed by atoms with Crippen LogP contribution in [0.15, 0.2) is 0 Å². The molecule has 1 fully saturated rings. The molecule has 118 valence electrons.